The predicted octanol–water partition coefficient (Wildman–Crippen LogP) is 2.42. The van der Waals surface area contributed by atoms with Crippen LogP contribution in [-0.2, 0) is 11.3 Å². The van der Waals surface area contributed by atoms with Crippen molar-refractivity contribution in [1.29, 1.82) is 0 Å². The van der Waals surface area contributed by atoms with E-state index >= 15 is 0 Å². The Bertz CT molecular complexity index is 380. The number of nitrogen functional groups attached to an aromatic ring is 1. The summed E-state index contributed by atoms with van der Waals surface area (Å²) in [6.07, 6.45) is 4.52. The molecule has 2 rings (SSSR count). The molecule has 1 aromatic rings. The van der Waals surface area contributed by atoms with Gasteiger partial charge in [-0.25, -0.2) is 0 Å². The first-order chi connectivity index (χ1) is 8.16. The Kier molecular flexibility index (Phi) is 3.67. The van der Waals surface area contributed by atoms with Gasteiger partial charge in [0, 0.05) is 25.2 Å². The molecule has 1 fully saturated rings. The molecular weight excluding hydrogens is 212 g/mol. The standard InChI is InChI=1S/C14H20N2O/c1-16(14(17)12-4-2-3-5-12)10-11-6-8-13(15)9-7-11/h6-9,12H,2-5,10,15H2,1H3. The maximum Gasteiger partial charge on any atom is 0.225 e. The summed E-state index contributed by atoms with van der Waals surface area (Å²) < 4.78 is 0. The molecule has 3 heteroatoms. The summed E-state index contributed by atoms with van der Waals surface area (Å²) >= 11 is 0. The normalized spacial score (nSPS) is 16.1. The van der Waals surface area contributed by atoms with Crippen LogP contribution in [0.2, 0.25) is 0 Å². The fraction of sp³-hybridized carbons (Fsp3) is 0.500. The van der Waals surface area contributed by atoms with E-state index in [1.54, 1.807) is 0 Å². The minimum atomic E-state index is 0.258. The second-order valence-corrected chi connectivity index (χ2v) is 4.92. The van der Waals surface area contributed by atoms with E-state index in [1.807, 2.05) is 36.2 Å². The lowest BCUT2D eigenvalue weighted by Crippen LogP contribution is -2.31. The summed E-state index contributed by atoms with van der Waals surface area (Å²) in [6.45, 7) is 0.676. The zero-order valence-electron chi connectivity index (χ0n) is 10.4. The Morgan fingerprint density at radius 2 is 1.88 bits per heavy atom. The molecule has 0 aliphatic heterocycles. The van der Waals surface area contributed by atoms with E-state index in [9.17, 15) is 4.79 Å². The largest absolute Gasteiger partial charge is 0.399 e. The minimum absolute atomic E-state index is 0.258. The maximum absolute atomic E-state index is 12.1. The number of carbonyl (C=O) groups excluding carboxylic acids is 1. The van der Waals surface area contributed by atoms with Gasteiger partial charge in [0.05, 0.1) is 0 Å². The van der Waals surface area contributed by atoms with E-state index in [4.69, 9.17) is 5.73 Å². The summed E-state index contributed by atoms with van der Waals surface area (Å²) in [5.74, 6) is 0.549. The lowest BCUT2D eigenvalue weighted by Gasteiger charge is -2.21. The number of hydrogen-bond donors (Lipinski definition) is 1. The molecule has 17 heavy (non-hydrogen) atoms. The highest BCUT2D eigenvalue weighted by Gasteiger charge is 2.25. The highest BCUT2D eigenvalue weighted by molar-refractivity contribution is 5.78. The molecule has 0 bridgehead atoms. The lowest BCUT2D eigenvalue weighted by atomic mass is 10.1. The third kappa shape index (κ3) is 2.99. The van der Waals surface area contributed by atoms with Gasteiger partial charge in [0.25, 0.3) is 0 Å². The van der Waals surface area contributed by atoms with Crippen molar-refractivity contribution in [1.82, 2.24) is 4.90 Å². The predicted molar refractivity (Wildman–Crippen MR) is 69.3 cm³/mol. The summed E-state index contributed by atoms with van der Waals surface area (Å²) in [7, 11) is 1.89. The van der Waals surface area contributed by atoms with Gasteiger partial charge in [-0.2, -0.15) is 0 Å². The molecule has 0 radical (unpaired) electrons. The molecule has 0 saturated heterocycles. The van der Waals surface area contributed by atoms with Crippen LogP contribution in [0.1, 0.15) is 31.2 Å². The Morgan fingerprint density at radius 1 is 1.29 bits per heavy atom. The van der Waals surface area contributed by atoms with E-state index in [0.717, 1.165) is 24.1 Å². The fourth-order valence-electron chi connectivity index (χ4n) is 2.46. The zero-order valence-corrected chi connectivity index (χ0v) is 10.4. The average molecular weight is 232 g/mol. The van der Waals surface area contributed by atoms with Crippen molar-refractivity contribution in [2.45, 2.75) is 32.2 Å². The second kappa shape index (κ2) is 5.21. The van der Waals surface area contributed by atoms with Gasteiger partial charge in [-0.3, -0.25) is 4.79 Å². The lowest BCUT2D eigenvalue weighted by molar-refractivity contribution is -0.134. The van der Waals surface area contributed by atoms with Gasteiger partial charge in [0.1, 0.15) is 0 Å². The number of rotatable bonds is 3. The molecule has 0 spiro atoms. The Hall–Kier alpha value is -1.51. The van der Waals surface area contributed by atoms with Crippen molar-refractivity contribution in [2.24, 2.45) is 5.92 Å². The average Bonchev–Trinajstić information content (AvgIpc) is 2.84. The van der Waals surface area contributed by atoms with E-state index < -0.39 is 0 Å². The van der Waals surface area contributed by atoms with Gasteiger partial charge < -0.3 is 10.6 Å². The Morgan fingerprint density at radius 3 is 2.47 bits per heavy atom. The van der Waals surface area contributed by atoms with Crippen LogP contribution in [0.5, 0.6) is 0 Å². The number of nitrogens with zero attached hydrogens (tertiary/aromatic N) is 1. The molecule has 1 saturated carbocycles. The van der Waals surface area contributed by atoms with Gasteiger partial charge in [-0.05, 0) is 30.5 Å². The SMILES string of the molecule is CN(Cc1ccc(N)cc1)C(=O)C1CCCC1. The van der Waals surface area contributed by atoms with Crippen LogP contribution in [0, 0.1) is 5.92 Å². The first kappa shape index (κ1) is 12.0. The molecule has 2 N–H and O–H groups in total. The maximum atomic E-state index is 12.1. The van der Waals surface area contributed by atoms with Gasteiger partial charge in [-0.15, -0.1) is 0 Å². The smallest absolute Gasteiger partial charge is 0.225 e. The van der Waals surface area contributed by atoms with E-state index in [2.05, 4.69) is 0 Å². The van der Waals surface area contributed by atoms with Crippen molar-refractivity contribution < 1.29 is 4.79 Å². The molecule has 1 aliphatic carbocycles. The third-order valence-electron chi connectivity index (χ3n) is 3.48. The topological polar surface area (TPSA) is 46.3 Å². The number of carbonyl (C=O) groups is 1. The summed E-state index contributed by atoms with van der Waals surface area (Å²) in [5, 5.41) is 0. The van der Waals surface area contributed by atoms with Crippen LogP contribution in [0.25, 0.3) is 0 Å². The molecule has 92 valence electrons. The quantitative estimate of drug-likeness (QED) is 0.813. The number of hydrogen-bond acceptors (Lipinski definition) is 2. The molecule has 0 unspecified atom stereocenters. The first-order valence-electron chi connectivity index (χ1n) is 6.26. The molecule has 1 aliphatic rings. The van der Waals surface area contributed by atoms with Gasteiger partial charge in [0.2, 0.25) is 5.91 Å². The molecule has 1 aromatic carbocycles. The number of nitrogens with two attached hydrogens (primary N) is 1. The Balaban J connectivity index is 1.93. The molecule has 0 heterocycles. The van der Waals surface area contributed by atoms with Gasteiger partial charge in [0.15, 0.2) is 0 Å². The minimum Gasteiger partial charge on any atom is -0.399 e. The van der Waals surface area contributed by atoms with Crippen molar-refractivity contribution >= 4 is 11.6 Å². The monoisotopic (exact) mass is 232 g/mol. The van der Waals surface area contributed by atoms with Gasteiger partial charge in [-0.1, -0.05) is 25.0 Å². The van der Waals surface area contributed by atoms with Crippen molar-refractivity contribution in [2.75, 3.05) is 12.8 Å². The van der Waals surface area contributed by atoms with Crippen LogP contribution >= 0.6 is 0 Å². The molecular formula is C14H20N2O. The van der Waals surface area contributed by atoms with Gasteiger partial charge >= 0.3 is 0 Å². The zero-order chi connectivity index (χ0) is 12.3. The molecule has 3 nitrogen and oxygen atoms in total. The van der Waals surface area contributed by atoms with Crippen LogP contribution in [-0.4, -0.2) is 17.9 Å². The third-order valence-corrected chi connectivity index (χ3v) is 3.48. The second-order valence-electron chi connectivity index (χ2n) is 4.92. The fourth-order valence-corrected chi connectivity index (χ4v) is 2.46. The number of benzene rings is 1. The van der Waals surface area contributed by atoms with Crippen molar-refractivity contribution in [3.63, 3.8) is 0 Å². The van der Waals surface area contributed by atoms with Crippen LogP contribution in [0.3, 0.4) is 0 Å². The summed E-state index contributed by atoms with van der Waals surface area (Å²) in [6, 6.07) is 7.72. The van der Waals surface area contributed by atoms with Crippen molar-refractivity contribution in [3.8, 4) is 0 Å². The van der Waals surface area contributed by atoms with E-state index in [-0.39, 0.29) is 5.92 Å². The van der Waals surface area contributed by atoms with Crippen LogP contribution in [0.15, 0.2) is 24.3 Å². The number of anilines is 1. The molecule has 0 atom stereocenters. The Labute approximate surface area is 103 Å². The highest BCUT2D eigenvalue weighted by Crippen LogP contribution is 2.26. The first-order valence-corrected chi connectivity index (χ1v) is 6.26. The van der Waals surface area contributed by atoms with Crippen molar-refractivity contribution in [3.05, 3.63) is 29.8 Å². The number of amides is 1. The van der Waals surface area contributed by atoms with E-state index in [0.29, 0.717) is 12.5 Å². The van der Waals surface area contributed by atoms with Crippen LogP contribution in [0.4, 0.5) is 5.69 Å². The van der Waals surface area contributed by atoms with Crippen LogP contribution < -0.4 is 5.73 Å². The molecule has 1 amide bonds. The molecule has 0 aromatic heterocycles. The van der Waals surface area contributed by atoms with E-state index in [1.165, 1.54) is 12.8 Å². The highest BCUT2D eigenvalue weighted by atomic mass is 16.2. The summed E-state index contributed by atoms with van der Waals surface area (Å²) in [5.41, 5.74) is 7.53. The summed E-state index contributed by atoms with van der Waals surface area (Å²) in [4.78, 5) is 14.0.